The number of benzene rings is 9. The number of halogens is 9. The van der Waals surface area contributed by atoms with Crippen LogP contribution in [0.2, 0.25) is 0 Å². The first-order valence-corrected chi connectivity index (χ1v) is 24.3. The highest BCUT2D eigenvalue weighted by atomic mass is 31.1. The van der Waals surface area contributed by atoms with Gasteiger partial charge in [0.2, 0.25) is 0 Å². The van der Waals surface area contributed by atoms with Crippen molar-refractivity contribution in [2.45, 2.75) is 79.3 Å². The molecule has 0 amide bonds. The molecular formula is C59H57F9NP. The second kappa shape index (κ2) is 23.0. The van der Waals surface area contributed by atoms with Crippen molar-refractivity contribution in [3.05, 3.63) is 180 Å². The molecule has 2 N–H and O–H groups in total. The van der Waals surface area contributed by atoms with Crippen LogP contribution in [0, 0.1) is 5.92 Å². The predicted molar refractivity (Wildman–Crippen MR) is 282 cm³/mol. The second-order valence-corrected chi connectivity index (χ2v) is 18.9. The smallest absolute Gasteiger partial charge is 0.399 e. The van der Waals surface area contributed by atoms with E-state index in [2.05, 4.69) is 40.5 Å². The first-order valence-electron chi connectivity index (χ1n) is 23.0. The van der Waals surface area contributed by atoms with Gasteiger partial charge in [-0.15, -0.1) is 0 Å². The quantitative estimate of drug-likeness (QED) is 0.0556. The van der Waals surface area contributed by atoms with Crippen LogP contribution in [0.5, 0.6) is 0 Å². The van der Waals surface area contributed by atoms with Gasteiger partial charge in [-0.25, -0.2) is 0 Å². The lowest BCUT2D eigenvalue weighted by atomic mass is 9.94. The SMILES string of the molecule is C=C(C)C(F)(F)F.C=Cc1ccc2c(P(c3cc(C(F)(F)F)cc(C(F)(F)F)c3)c3ccc4ccc5cccc6ccc3c4c56)ccc3ccc(=C)c1c32.CC.CCCC(C)CC.Nc1ccccc1. The fourth-order valence-electron chi connectivity index (χ4n) is 8.14. The van der Waals surface area contributed by atoms with Crippen molar-refractivity contribution >= 4 is 96.0 Å². The second-order valence-electron chi connectivity index (χ2n) is 16.7. The van der Waals surface area contributed by atoms with E-state index >= 15 is 0 Å². The Morgan fingerprint density at radius 3 is 1.46 bits per heavy atom. The molecule has 0 aromatic heterocycles. The molecule has 0 saturated carbocycles. The van der Waals surface area contributed by atoms with E-state index in [-0.39, 0.29) is 11.4 Å². The highest BCUT2D eigenvalue weighted by molar-refractivity contribution is 7.80. The number of rotatable bonds is 7. The topological polar surface area (TPSA) is 26.0 Å². The summed E-state index contributed by atoms with van der Waals surface area (Å²) in [6.07, 6.45) is -8.36. The molecule has 0 radical (unpaired) electrons. The van der Waals surface area contributed by atoms with Gasteiger partial charge >= 0.3 is 18.5 Å². The van der Waals surface area contributed by atoms with Crippen molar-refractivity contribution in [2.75, 3.05) is 5.73 Å². The van der Waals surface area contributed by atoms with E-state index in [1.807, 2.05) is 135 Å². The summed E-state index contributed by atoms with van der Waals surface area (Å²) in [5, 5.41) is 11.1. The van der Waals surface area contributed by atoms with Gasteiger partial charge in [0.25, 0.3) is 0 Å². The summed E-state index contributed by atoms with van der Waals surface area (Å²) in [6.45, 7) is 22.6. The van der Waals surface area contributed by atoms with Gasteiger partial charge in [-0.3, -0.25) is 0 Å². The van der Waals surface area contributed by atoms with Gasteiger partial charge in [0.15, 0.2) is 0 Å². The van der Waals surface area contributed by atoms with Crippen molar-refractivity contribution in [1.29, 1.82) is 0 Å². The van der Waals surface area contributed by atoms with Crippen molar-refractivity contribution < 1.29 is 39.5 Å². The molecule has 9 rings (SSSR count). The molecule has 70 heavy (non-hydrogen) atoms. The Bertz CT molecular complexity index is 3190. The number of para-hydroxylation sites is 1. The first-order chi connectivity index (χ1) is 33.1. The Morgan fingerprint density at radius 2 is 1.04 bits per heavy atom. The molecule has 2 unspecified atom stereocenters. The van der Waals surface area contributed by atoms with Crippen LogP contribution in [0.3, 0.4) is 0 Å². The number of nitrogens with two attached hydrogens (primary N) is 1. The molecule has 0 aliphatic heterocycles. The third-order valence-corrected chi connectivity index (χ3v) is 14.3. The van der Waals surface area contributed by atoms with Gasteiger partial charge in [0.05, 0.1) is 11.1 Å². The molecule has 11 heteroatoms. The van der Waals surface area contributed by atoms with Gasteiger partial charge in [-0.2, -0.15) is 39.5 Å². The van der Waals surface area contributed by atoms with E-state index in [0.29, 0.717) is 10.6 Å². The molecule has 0 aliphatic rings. The highest BCUT2D eigenvalue weighted by Gasteiger charge is 2.38. The fourth-order valence-corrected chi connectivity index (χ4v) is 10.8. The third-order valence-electron chi connectivity index (χ3n) is 11.8. The van der Waals surface area contributed by atoms with Gasteiger partial charge in [0, 0.05) is 11.3 Å². The molecular weight excluding hydrogens is 925 g/mol. The summed E-state index contributed by atoms with van der Waals surface area (Å²) in [7, 11) is -1.96. The van der Waals surface area contributed by atoms with Crippen LogP contribution in [0.25, 0.3) is 66.5 Å². The van der Waals surface area contributed by atoms with Gasteiger partial charge in [0.1, 0.15) is 0 Å². The molecule has 2 atom stereocenters. The van der Waals surface area contributed by atoms with Crippen LogP contribution >= 0.6 is 7.92 Å². The molecule has 9 aromatic rings. The lowest BCUT2D eigenvalue weighted by Crippen LogP contribution is -2.25. The zero-order valence-corrected chi connectivity index (χ0v) is 41.0. The minimum absolute atomic E-state index is 0.0352. The highest BCUT2D eigenvalue weighted by Crippen LogP contribution is 2.45. The molecule has 0 spiro atoms. The fraction of sp³-hybridized carbons (Fsp3) is 0.220. The Hall–Kier alpha value is -6.38. The molecule has 366 valence electrons. The Morgan fingerprint density at radius 1 is 0.600 bits per heavy atom. The van der Waals surface area contributed by atoms with Crippen LogP contribution in [-0.2, 0) is 12.4 Å². The number of alkyl halides is 9. The maximum Gasteiger partial charge on any atom is 0.416 e. The van der Waals surface area contributed by atoms with E-state index in [0.717, 1.165) is 95.3 Å². The predicted octanol–water partition coefficient (Wildman–Crippen LogP) is 17.7. The van der Waals surface area contributed by atoms with Crippen LogP contribution < -0.4 is 26.9 Å². The summed E-state index contributed by atoms with van der Waals surface area (Å²) in [4.78, 5) is 0. The van der Waals surface area contributed by atoms with Crippen molar-refractivity contribution in [1.82, 2.24) is 0 Å². The largest absolute Gasteiger partial charge is 0.416 e. The Balaban J connectivity index is 0.000000329. The molecule has 0 bridgehead atoms. The molecule has 0 heterocycles. The van der Waals surface area contributed by atoms with Gasteiger partial charge < -0.3 is 5.73 Å². The molecule has 1 nitrogen and oxygen atoms in total. The van der Waals surface area contributed by atoms with E-state index in [4.69, 9.17) is 5.73 Å². The van der Waals surface area contributed by atoms with Gasteiger partial charge in [-0.05, 0) is 132 Å². The van der Waals surface area contributed by atoms with E-state index in [9.17, 15) is 39.5 Å². The van der Waals surface area contributed by atoms with Crippen molar-refractivity contribution in [2.24, 2.45) is 5.92 Å². The van der Waals surface area contributed by atoms with Crippen molar-refractivity contribution in [3.63, 3.8) is 0 Å². The van der Waals surface area contributed by atoms with Crippen LogP contribution in [-0.4, -0.2) is 6.18 Å². The average molecular weight is 982 g/mol. The van der Waals surface area contributed by atoms with E-state index in [1.165, 1.54) is 19.3 Å². The molecule has 0 saturated heterocycles. The molecule has 0 aliphatic carbocycles. The summed E-state index contributed by atoms with van der Waals surface area (Å²) in [5.74, 6) is 0.949. The van der Waals surface area contributed by atoms with Crippen LogP contribution in [0.1, 0.15) is 77.5 Å². The number of hydrogen-bond donors (Lipinski definition) is 1. The van der Waals surface area contributed by atoms with E-state index < -0.39 is 43.2 Å². The Kier molecular flexibility index (Phi) is 17.9. The summed E-state index contributed by atoms with van der Waals surface area (Å²) in [5.41, 5.74) is 3.60. The number of hydrogen-bond acceptors (Lipinski definition) is 1. The van der Waals surface area contributed by atoms with Crippen LogP contribution in [0.4, 0.5) is 45.2 Å². The summed E-state index contributed by atoms with van der Waals surface area (Å²) in [6, 6.07) is 40.5. The minimum Gasteiger partial charge on any atom is -0.399 e. The maximum absolute atomic E-state index is 14.3. The minimum atomic E-state index is -4.99. The Labute approximate surface area is 405 Å². The number of allylic oxidation sites excluding steroid dienone is 1. The van der Waals surface area contributed by atoms with Gasteiger partial charge in [-0.1, -0.05) is 189 Å². The zero-order chi connectivity index (χ0) is 51.7. The molecule has 9 aromatic carbocycles. The number of anilines is 1. The standard InChI is InChI=1S/C40H23F6P.C7H16.C6H7N.C4H5F3.C2H6/c1-3-23-11-15-31-33(17-13-26-8-7-22(2)35(23)37(26)31)47(30-20-28(39(41,42)43)19-29(21-30)40(44,45)46)34-18-14-27-10-9-24-5-4-6-25-12-16-32(34)38(27)36(24)25;1-4-6-7(3)5-2;7-6-4-2-1-3-5-6;1-3(2)4(5,6)7;1-2/h3-21H,1-2H2;7H,4-6H2,1-3H3;1-5H,7H2;1H2,2H3;1-2H3. The first kappa shape index (κ1) is 54.6. The lowest BCUT2D eigenvalue weighted by molar-refractivity contribution is -0.143. The lowest BCUT2D eigenvalue weighted by Gasteiger charge is -2.26. The summed E-state index contributed by atoms with van der Waals surface area (Å²) < 4.78 is 119. The normalized spacial score (nSPS) is 12.5. The zero-order valence-electron chi connectivity index (χ0n) is 40.1. The monoisotopic (exact) mass is 981 g/mol. The maximum atomic E-state index is 14.3. The third kappa shape index (κ3) is 12.5. The average Bonchev–Trinajstić information content (AvgIpc) is 3.33. The van der Waals surface area contributed by atoms with Crippen molar-refractivity contribution in [3.8, 4) is 0 Å². The van der Waals surface area contributed by atoms with Crippen LogP contribution in [0.15, 0.2) is 158 Å². The molecule has 0 fully saturated rings. The summed E-state index contributed by atoms with van der Waals surface area (Å²) >= 11 is 0. The van der Waals surface area contributed by atoms with E-state index in [1.54, 1.807) is 6.08 Å². The number of nitrogen functional groups attached to an aromatic ring is 1.